The van der Waals surface area contributed by atoms with Crippen LogP contribution in [0.2, 0.25) is 0 Å². The first-order chi connectivity index (χ1) is 7.33. The summed E-state index contributed by atoms with van der Waals surface area (Å²) < 4.78 is 0. The van der Waals surface area contributed by atoms with E-state index in [0.29, 0.717) is 0 Å². The SMILES string of the molecule is C/C(=C\C/C=C/c1ccccc1)CCBr. The van der Waals surface area contributed by atoms with E-state index >= 15 is 0 Å². The maximum atomic E-state index is 3.44. The second-order valence-electron chi connectivity index (χ2n) is 3.54. The summed E-state index contributed by atoms with van der Waals surface area (Å²) in [6, 6.07) is 10.4. The summed E-state index contributed by atoms with van der Waals surface area (Å²) in [4.78, 5) is 0. The number of hydrogen-bond acceptors (Lipinski definition) is 0. The molecule has 0 aromatic heterocycles. The third-order valence-electron chi connectivity index (χ3n) is 2.20. The van der Waals surface area contributed by atoms with Crippen LogP contribution in [0.15, 0.2) is 48.1 Å². The Morgan fingerprint density at radius 3 is 2.67 bits per heavy atom. The molecule has 0 saturated heterocycles. The molecule has 0 nitrogen and oxygen atoms in total. The fraction of sp³-hybridized carbons (Fsp3) is 0.286. The van der Waals surface area contributed by atoms with Crippen molar-refractivity contribution in [1.29, 1.82) is 0 Å². The van der Waals surface area contributed by atoms with Gasteiger partial charge >= 0.3 is 0 Å². The molecule has 1 aromatic carbocycles. The van der Waals surface area contributed by atoms with Crippen molar-refractivity contribution in [2.24, 2.45) is 0 Å². The molecule has 0 saturated carbocycles. The molecule has 15 heavy (non-hydrogen) atoms. The standard InChI is InChI=1S/C14H17Br/c1-13(11-12-15)7-5-6-10-14-8-3-2-4-9-14/h2-4,6-10H,5,11-12H2,1H3/b10-6+,13-7+. The summed E-state index contributed by atoms with van der Waals surface area (Å²) in [6.07, 6.45) is 8.80. The van der Waals surface area contributed by atoms with Crippen LogP contribution in [-0.4, -0.2) is 5.33 Å². The zero-order chi connectivity index (χ0) is 10.9. The van der Waals surface area contributed by atoms with Crippen LogP contribution in [0.3, 0.4) is 0 Å². The van der Waals surface area contributed by atoms with Gasteiger partial charge in [0, 0.05) is 5.33 Å². The molecule has 0 amide bonds. The van der Waals surface area contributed by atoms with Gasteiger partial charge in [0.05, 0.1) is 0 Å². The Labute approximate surface area is 101 Å². The minimum absolute atomic E-state index is 1.02. The molecule has 0 fully saturated rings. The topological polar surface area (TPSA) is 0 Å². The molecule has 0 aliphatic heterocycles. The molecule has 0 aliphatic rings. The molecule has 0 spiro atoms. The first-order valence-electron chi connectivity index (χ1n) is 5.26. The Balaban J connectivity index is 2.37. The Hall–Kier alpha value is -0.820. The lowest BCUT2D eigenvalue weighted by Gasteiger charge is -1.94. The van der Waals surface area contributed by atoms with Crippen molar-refractivity contribution in [1.82, 2.24) is 0 Å². The van der Waals surface area contributed by atoms with Crippen molar-refractivity contribution in [2.45, 2.75) is 19.8 Å². The Morgan fingerprint density at radius 1 is 1.27 bits per heavy atom. The molecule has 0 unspecified atom stereocenters. The maximum Gasteiger partial charge on any atom is 0.00684 e. The van der Waals surface area contributed by atoms with Gasteiger partial charge in [-0.3, -0.25) is 0 Å². The van der Waals surface area contributed by atoms with Gasteiger partial charge in [0.2, 0.25) is 0 Å². The number of allylic oxidation sites excluding steroid dienone is 3. The average Bonchev–Trinajstić information content (AvgIpc) is 2.26. The molecule has 1 heteroatoms. The molecule has 1 aromatic rings. The van der Waals surface area contributed by atoms with E-state index in [1.54, 1.807) is 0 Å². The van der Waals surface area contributed by atoms with Crippen molar-refractivity contribution in [2.75, 3.05) is 5.33 Å². The fourth-order valence-electron chi connectivity index (χ4n) is 1.29. The lowest BCUT2D eigenvalue weighted by Crippen LogP contribution is -1.77. The van der Waals surface area contributed by atoms with Crippen molar-refractivity contribution in [3.8, 4) is 0 Å². The molecule has 0 bridgehead atoms. The first-order valence-corrected chi connectivity index (χ1v) is 6.38. The molecular weight excluding hydrogens is 248 g/mol. The summed E-state index contributed by atoms with van der Waals surface area (Å²) in [5.74, 6) is 0. The van der Waals surface area contributed by atoms with E-state index in [1.807, 2.05) is 6.07 Å². The number of alkyl halides is 1. The highest BCUT2D eigenvalue weighted by molar-refractivity contribution is 9.09. The van der Waals surface area contributed by atoms with E-state index in [1.165, 1.54) is 11.1 Å². The van der Waals surface area contributed by atoms with Crippen LogP contribution in [0, 0.1) is 0 Å². The highest BCUT2D eigenvalue weighted by Crippen LogP contribution is 2.06. The van der Waals surface area contributed by atoms with Crippen molar-refractivity contribution in [3.63, 3.8) is 0 Å². The highest BCUT2D eigenvalue weighted by atomic mass is 79.9. The lowest BCUT2D eigenvalue weighted by atomic mass is 10.1. The molecule has 0 radical (unpaired) electrons. The highest BCUT2D eigenvalue weighted by Gasteiger charge is 1.86. The Bertz CT molecular complexity index is 322. The van der Waals surface area contributed by atoms with Crippen LogP contribution >= 0.6 is 15.9 Å². The number of halogens is 1. The van der Waals surface area contributed by atoms with Gasteiger partial charge < -0.3 is 0 Å². The lowest BCUT2D eigenvalue weighted by molar-refractivity contribution is 1.10. The van der Waals surface area contributed by atoms with E-state index in [0.717, 1.165) is 18.2 Å². The fourth-order valence-corrected chi connectivity index (χ4v) is 1.91. The van der Waals surface area contributed by atoms with Gasteiger partial charge in [-0.15, -0.1) is 0 Å². The van der Waals surface area contributed by atoms with Gasteiger partial charge in [0.25, 0.3) is 0 Å². The van der Waals surface area contributed by atoms with Gasteiger partial charge in [0.1, 0.15) is 0 Å². The quantitative estimate of drug-likeness (QED) is 0.529. The van der Waals surface area contributed by atoms with Gasteiger partial charge in [-0.2, -0.15) is 0 Å². The maximum absolute atomic E-state index is 3.44. The predicted molar refractivity (Wildman–Crippen MR) is 72.3 cm³/mol. The van der Waals surface area contributed by atoms with Crippen molar-refractivity contribution < 1.29 is 0 Å². The van der Waals surface area contributed by atoms with Crippen LogP contribution in [0.5, 0.6) is 0 Å². The summed E-state index contributed by atoms with van der Waals surface area (Å²) >= 11 is 3.44. The van der Waals surface area contributed by atoms with E-state index < -0.39 is 0 Å². The van der Waals surface area contributed by atoms with Crippen LogP contribution in [0.25, 0.3) is 6.08 Å². The number of benzene rings is 1. The molecule has 0 heterocycles. The monoisotopic (exact) mass is 264 g/mol. The zero-order valence-electron chi connectivity index (χ0n) is 9.12. The van der Waals surface area contributed by atoms with E-state index in [9.17, 15) is 0 Å². The summed E-state index contributed by atoms with van der Waals surface area (Å²) in [7, 11) is 0. The van der Waals surface area contributed by atoms with Crippen LogP contribution in [0.1, 0.15) is 25.3 Å². The van der Waals surface area contributed by atoms with Crippen LogP contribution < -0.4 is 0 Å². The van der Waals surface area contributed by atoms with Gasteiger partial charge in [0.15, 0.2) is 0 Å². The molecule has 0 N–H and O–H groups in total. The van der Waals surface area contributed by atoms with Gasteiger partial charge in [-0.05, 0) is 25.3 Å². The summed E-state index contributed by atoms with van der Waals surface area (Å²) in [6.45, 7) is 2.18. The van der Waals surface area contributed by atoms with E-state index in [-0.39, 0.29) is 0 Å². The molecule has 80 valence electrons. The first kappa shape index (κ1) is 12.3. The van der Waals surface area contributed by atoms with Crippen molar-refractivity contribution >= 4 is 22.0 Å². The minimum Gasteiger partial charge on any atom is -0.0925 e. The molecule has 1 rings (SSSR count). The molecular formula is C14H17Br. The van der Waals surface area contributed by atoms with Crippen LogP contribution in [0.4, 0.5) is 0 Å². The summed E-state index contributed by atoms with van der Waals surface area (Å²) in [5, 5.41) is 1.05. The largest absolute Gasteiger partial charge is 0.0925 e. The van der Waals surface area contributed by atoms with Gasteiger partial charge in [-0.1, -0.05) is 70.1 Å². The zero-order valence-corrected chi connectivity index (χ0v) is 10.7. The second kappa shape index (κ2) is 7.47. The van der Waals surface area contributed by atoms with Crippen LogP contribution in [-0.2, 0) is 0 Å². The smallest absolute Gasteiger partial charge is 0.00684 e. The van der Waals surface area contributed by atoms with Gasteiger partial charge in [-0.25, -0.2) is 0 Å². The molecule has 0 atom stereocenters. The summed E-state index contributed by atoms with van der Waals surface area (Å²) in [5.41, 5.74) is 2.72. The molecule has 0 aliphatic carbocycles. The second-order valence-corrected chi connectivity index (χ2v) is 4.33. The van der Waals surface area contributed by atoms with E-state index in [2.05, 4.69) is 65.3 Å². The third kappa shape index (κ3) is 5.58. The normalized spacial score (nSPS) is 12.3. The average molecular weight is 265 g/mol. The van der Waals surface area contributed by atoms with Crippen molar-refractivity contribution in [3.05, 3.63) is 53.6 Å². The number of hydrogen-bond donors (Lipinski definition) is 0. The minimum atomic E-state index is 1.02. The number of rotatable bonds is 5. The predicted octanol–water partition coefficient (Wildman–Crippen LogP) is 4.82. The Morgan fingerprint density at radius 2 is 2.00 bits per heavy atom. The van der Waals surface area contributed by atoms with E-state index in [4.69, 9.17) is 0 Å². The third-order valence-corrected chi connectivity index (χ3v) is 2.60. The Kier molecular flexibility index (Phi) is 6.10.